The first-order valence-corrected chi connectivity index (χ1v) is 10.2. The number of alkyl halides is 6. The minimum Gasteiger partial charge on any atom is -0.484 e. The Morgan fingerprint density at radius 2 is 1.61 bits per heavy atom. The molecule has 2 aromatic heterocycles. The van der Waals surface area contributed by atoms with Gasteiger partial charge in [0.25, 0.3) is 0 Å². The van der Waals surface area contributed by atoms with E-state index in [1.54, 1.807) is 36.7 Å². The van der Waals surface area contributed by atoms with Crippen LogP contribution in [0.4, 0.5) is 42.5 Å². The standard InChI is InChI=1S/C23H16F6N4O3/c24-22(25,26)12-35-17-10-13(23(27,28)29)9-15(11-17)33-21(34)32-14-1-3-16(4-2-14)36-19-6-8-31-20-18(19)5-7-30-20/h1-11H,12H2,(H,30,31)(H2,32,33,34). The highest BCUT2D eigenvalue weighted by Crippen LogP contribution is 2.35. The number of hydrogen-bond acceptors (Lipinski definition) is 4. The molecule has 0 bridgehead atoms. The number of nitrogens with zero attached hydrogens (tertiary/aromatic N) is 1. The molecule has 2 heterocycles. The van der Waals surface area contributed by atoms with Crippen LogP contribution in [-0.2, 0) is 6.18 Å². The van der Waals surface area contributed by atoms with Crippen LogP contribution < -0.4 is 20.1 Å². The molecule has 0 saturated heterocycles. The molecule has 4 aromatic rings. The van der Waals surface area contributed by atoms with Gasteiger partial charge in [-0.3, -0.25) is 0 Å². The third kappa shape index (κ3) is 6.37. The number of aromatic nitrogens is 2. The van der Waals surface area contributed by atoms with Crippen LogP contribution in [0, 0.1) is 0 Å². The van der Waals surface area contributed by atoms with Crippen molar-refractivity contribution in [3.63, 3.8) is 0 Å². The van der Waals surface area contributed by atoms with Gasteiger partial charge in [0.05, 0.1) is 10.9 Å². The summed E-state index contributed by atoms with van der Waals surface area (Å²) in [4.78, 5) is 19.4. The van der Waals surface area contributed by atoms with Gasteiger partial charge in [-0.1, -0.05) is 0 Å². The smallest absolute Gasteiger partial charge is 0.422 e. The van der Waals surface area contributed by atoms with Crippen LogP contribution in [0.3, 0.4) is 0 Å². The summed E-state index contributed by atoms with van der Waals surface area (Å²) in [7, 11) is 0. The fourth-order valence-electron chi connectivity index (χ4n) is 3.13. The fraction of sp³-hybridized carbons (Fsp3) is 0.130. The van der Waals surface area contributed by atoms with Crippen molar-refractivity contribution >= 4 is 28.4 Å². The number of nitrogens with one attached hydrogen (secondary N) is 3. The van der Waals surface area contributed by atoms with Crippen molar-refractivity contribution < 1.29 is 40.6 Å². The first-order valence-electron chi connectivity index (χ1n) is 10.2. The van der Waals surface area contributed by atoms with Crippen molar-refractivity contribution in [2.24, 2.45) is 0 Å². The summed E-state index contributed by atoms with van der Waals surface area (Å²) < 4.78 is 86.9. The summed E-state index contributed by atoms with van der Waals surface area (Å²) in [6, 6.07) is 10.5. The second kappa shape index (κ2) is 9.68. The molecule has 13 heteroatoms. The second-order valence-corrected chi connectivity index (χ2v) is 7.40. The Balaban J connectivity index is 1.43. The van der Waals surface area contributed by atoms with Crippen LogP contribution in [0.5, 0.6) is 17.2 Å². The topological polar surface area (TPSA) is 88.3 Å². The molecule has 3 N–H and O–H groups in total. The number of aromatic amines is 1. The van der Waals surface area contributed by atoms with E-state index in [2.05, 4.69) is 25.3 Å². The normalized spacial score (nSPS) is 11.8. The zero-order valence-electron chi connectivity index (χ0n) is 18.0. The van der Waals surface area contributed by atoms with E-state index in [0.717, 1.165) is 11.5 Å². The number of anilines is 2. The van der Waals surface area contributed by atoms with Crippen molar-refractivity contribution in [2.45, 2.75) is 12.4 Å². The molecule has 0 saturated carbocycles. The van der Waals surface area contributed by atoms with Gasteiger partial charge >= 0.3 is 18.4 Å². The zero-order chi connectivity index (χ0) is 25.9. The molecule has 2 aromatic carbocycles. The zero-order valence-corrected chi connectivity index (χ0v) is 18.0. The third-order valence-electron chi connectivity index (χ3n) is 4.65. The molecule has 0 aliphatic carbocycles. The Morgan fingerprint density at radius 1 is 0.889 bits per heavy atom. The molecule has 0 atom stereocenters. The molecule has 0 spiro atoms. The summed E-state index contributed by atoms with van der Waals surface area (Å²) in [5.74, 6) is 0.290. The maximum absolute atomic E-state index is 13.1. The van der Waals surface area contributed by atoms with E-state index in [9.17, 15) is 31.1 Å². The number of benzene rings is 2. The number of amides is 2. The molecular formula is C23H16F6N4O3. The Morgan fingerprint density at radius 3 is 2.31 bits per heavy atom. The van der Waals surface area contributed by atoms with Gasteiger partial charge in [0.2, 0.25) is 0 Å². The Bertz CT molecular complexity index is 1370. The monoisotopic (exact) mass is 510 g/mol. The van der Waals surface area contributed by atoms with Gasteiger partial charge in [0.1, 0.15) is 22.9 Å². The summed E-state index contributed by atoms with van der Waals surface area (Å²) in [5, 5.41) is 5.34. The lowest BCUT2D eigenvalue weighted by Crippen LogP contribution is -2.21. The third-order valence-corrected chi connectivity index (χ3v) is 4.65. The highest BCUT2D eigenvalue weighted by Gasteiger charge is 2.33. The maximum Gasteiger partial charge on any atom is 0.422 e. The number of carbonyl (C=O) groups excluding carboxylic acids is 1. The molecular weight excluding hydrogens is 494 g/mol. The molecule has 36 heavy (non-hydrogen) atoms. The number of pyridine rings is 1. The van der Waals surface area contributed by atoms with Crippen molar-refractivity contribution in [1.29, 1.82) is 0 Å². The van der Waals surface area contributed by atoms with Gasteiger partial charge in [0, 0.05) is 29.8 Å². The maximum atomic E-state index is 13.1. The van der Waals surface area contributed by atoms with Gasteiger partial charge in [0.15, 0.2) is 6.61 Å². The average Bonchev–Trinajstić information content (AvgIpc) is 3.28. The van der Waals surface area contributed by atoms with E-state index in [-0.39, 0.29) is 5.69 Å². The molecule has 0 aliphatic heterocycles. The predicted octanol–water partition coefficient (Wildman–Crippen LogP) is 6.96. The van der Waals surface area contributed by atoms with E-state index < -0.39 is 42.0 Å². The number of ether oxygens (including phenoxy) is 2. The Labute approximate surface area is 199 Å². The molecule has 2 amide bonds. The van der Waals surface area contributed by atoms with Gasteiger partial charge in [-0.25, -0.2) is 9.78 Å². The lowest BCUT2D eigenvalue weighted by atomic mass is 10.2. The highest BCUT2D eigenvalue weighted by atomic mass is 19.4. The van der Waals surface area contributed by atoms with Crippen LogP contribution in [0.15, 0.2) is 67.0 Å². The molecule has 188 valence electrons. The van der Waals surface area contributed by atoms with Crippen LogP contribution in [0.2, 0.25) is 0 Å². The van der Waals surface area contributed by atoms with Gasteiger partial charge in [-0.05, 0) is 48.5 Å². The number of fused-ring (bicyclic) bond motifs is 1. The van der Waals surface area contributed by atoms with Gasteiger partial charge in [-0.15, -0.1) is 0 Å². The number of halogens is 6. The Kier molecular flexibility index (Phi) is 6.64. The van der Waals surface area contributed by atoms with Crippen LogP contribution in [-0.4, -0.2) is 28.8 Å². The van der Waals surface area contributed by atoms with E-state index >= 15 is 0 Å². The van der Waals surface area contributed by atoms with Crippen LogP contribution >= 0.6 is 0 Å². The first kappa shape index (κ1) is 24.7. The molecule has 0 fully saturated rings. The van der Waals surface area contributed by atoms with Crippen molar-refractivity contribution in [2.75, 3.05) is 17.2 Å². The lowest BCUT2D eigenvalue weighted by Gasteiger charge is -2.15. The number of hydrogen-bond donors (Lipinski definition) is 3. The predicted molar refractivity (Wildman–Crippen MR) is 118 cm³/mol. The summed E-state index contributed by atoms with van der Waals surface area (Å²) in [6.45, 7) is -1.79. The number of urea groups is 1. The average molecular weight is 510 g/mol. The van der Waals surface area contributed by atoms with E-state index in [1.807, 2.05) is 0 Å². The minimum atomic E-state index is -4.87. The summed E-state index contributed by atoms with van der Waals surface area (Å²) in [5.41, 5.74) is -0.773. The van der Waals surface area contributed by atoms with Gasteiger partial charge in [-0.2, -0.15) is 26.3 Å². The highest BCUT2D eigenvalue weighted by molar-refractivity contribution is 6.00. The Hall–Kier alpha value is -4.42. The molecule has 0 radical (unpaired) electrons. The largest absolute Gasteiger partial charge is 0.484 e. The van der Waals surface area contributed by atoms with Crippen LogP contribution in [0.25, 0.3) is 11.0 Å². The number of rotatable bonds is 6. The summed E-state index contributed by atoms with van der Waals surface area (Å²) >= 11 is 0. The minimum absolute atomic E-state index is 0.280. The molecule has 0 aliphatic rings. The number of carbonyl (C=O) groups is 1. The van der Waals surface area contributed by atoms with E-state index in [0.29, 0.717) is 29.3 Å². The number of H-pyrrole nitrogens is 1. The second-order valence-electron chi connectivity index (χ2n) is 7.40. The van der Waals surface area contributed by atoms with Crippen molar-refractivity contribution in [1.82, 2.24) is 9.97 Å². The van der Waals surface area contributed by atoms with Crippen molar-refractivity contribution in [3.05, 3.63) is 72.6 Å². The first-order chi connectivity index (χ1) is 17.0. The fourth-order valence-corrected chi connectivity index (χ4v) is 3.13. The molecule has 4 rings (SSSR count). The van der Waals surface area contributed by atoms with Crippen molar-refractivity contribution in [3.8, 4) is 17.2 Å². The molecule has 7 nitrogen and oxygen atoms in total. The SMILES string of the molecule is O=C(Nc1ccc(Oc2ccnc3[nH]ccc23)cc1)Nc1cc(OCC(F)(F)F)cc(C(F)(F)F)c1. The van der Waals surface area contributed by atoms with Gasteiger partial charge < -0.3 is 25.1 Å². The lowest BCUT2D eigenvalue weighted by molar-refractivity contribution is -0.153. The van der Waals surface area contributed by atoms with Crippen LogP contribution in [0.1, 0.15) is 5.56 Å². The summed E-state index contributed by atoms with van der Waals surface area (Å²) in [6.07, 6.45) is -6.34. The van der Waals surface area contributed by atoms with E-state index in [4.69, 9.17) is 4.74 Å². The molecule has 0 unspecified atom stereocenters. The van der Waals surface area contributed by atoms with E-state index in [1.165, 1.54) is 12.1 Å². The quantitative estimate of drug-likeness (QED) is 0.245.